The van der Waals surface area contributed by atoms with Gasteiger partial charge in [0.1, 0.15) is 0 Å². The molecule has 0 radical (unpaired) electrons. The van der Waals surface area contributed by atoms with Crippen LogP contribution in [0.25, 0.3) is 0 Å². The lowest BCUT2D eigenvalue weighted by Gasteiger charge is -2.42. The van der Waals surface area contributed by atoms with Crippen LogP contribution in [0, 0.1) is 0 Å². The number of aliphatic hydroxyl groups excluding tert-OH is 1. The van der Waals surface area contributed by atoms with Crippen LogP contribution in [0.4, 0.5) is 0 Å². The number of carbonyl (C=O) groups excluding carboxylic acids is 1. The van der Waals surface area contributed by atoms with Crippen molar-refractivity contribution >= 4 is 5.91 Å². The fourth-order valence-corrected chi connectivity index (χ4v) is 3.99. The molecule has 0 bridgehead atoms. The van der Waals surface area contributed by atoms with Gasteiger partial charge in [-0.1, -0.05) is 30.3 Å². The van der Waals surface area contributed by atoms with E-state index in [2.05, 4.69) is 17.0 Å². The number of likely N-dealkylation sites (tertiary alicyclic amines) is 2. The zero-order valence-electron chi connectivity index (χ0n) is 14.9. The van der Waals surface area contributed by atoms with Crippen LogP contribution in [0.2, 0.25) is 0 Å². The number of benzene rings is 1. The zero-order chi connectivity index (χ0) is 17.7. The van der Waals surface area contributed by atoms with Crippen LogP contribution in [0.15, 0.2) is 30.3 Å². The summed E-state index contributed by atoms with van der Waals surface area (Å²) in [6, 6.07) is 10.3. The molecule has 3 rings (SSSR count). The van der Waals surface area contributed by atoms with Crippen molar-refractivity contribution < 1.29 is 15.0 Å². The van der Waals surface area contributed by atoms with Gasteiger partial charge in [-0.05, 0) is 44.1 Å². The third kappa shape index (κ3) is 4.81. The van der Waals surface area contributed by atoms with Crippen molar-refractivity contribution in [3.8, 4) is 0 Å². The van der Waals surface area contributed by atoms with Crippen molar-refractivity contribution in [2.45, 2.75) is 50.2 Å². The van der Waals surface area contributed by atoms with Gasteiger partial charge < -0.3 is 15.1 Å². The average molecular weight is 346 g/mol. The fourth-order valence-electron chi connectivity index (χ4n) is 3.99. The number of nitrogens with zero attached hydrogens (tertiary/aromatic N) is 2. The molecule has 2 fully saturated rings. The smallest absolute Gasteiger partial charge is 0.255 e. The Morgan fingerprint density at radius 3 is 2.56 bits per heavy atom. The summed E-state index contributed by atoms with van der Waals surface area (Å²) in [5, 5.41) is 20.6. The SMILES string of the molecule is O=C1N(CCCc2ccccc2)CCC[C@@]1(O)CN1CCC(O)CC1. The number of aryl methyl sites for hydroxylation is 1. The van der Waals surface area contributed by atoms with Crippen LogP contribution < -0.4 is 0 Å². The molecule has 5 heteroatoms. The first-order valence-electron chi connectivity index (χ1n) is 9.53. The first-order chi connectivity index (χ1) is 12.1. The van der Waals surface area contributed by atoms with Gasteiger partial charge in [0.2, 0.25) is 0 Å². The molecule has 0 aliphatic carbocycles. The Balaban J connectivity index is 1.51. The quantitative estimate of drug-likeness (QED) is 0.818. The summed E-state index contributed by atoms with van der Waals surface area (Å²) < 4.78 is 0. The molecule has 1 aromatic carbocycles. The Morgan fingerprint density at radius 2 is 1.84 bits per heavy atom. The second kappa shape index (κ2) is 8.30. The predicted octanol–water partition coefficient (Wildman–Crippen LogP) is 1.43. The summed E-state index contributed by atoms with van der Waals surface area (Å²) in [7, 11) is 0. The minimum Gasteiger partial charge on any atom is -0.393 e. The van der Waals surface area contributed by atoms with Crippen LogP contribution in [0.1, 0.15) is 37.7 Å². The highest BCUT2D eigenvalue weighted by Crippen LogP contribution is 2.25. The molecule has 1 amide bonds. The zero-order valence-corrected chi connectivity index (χ0v) is 14.9. The molecule has 0 saturated carbocycles. The molecule has 0 unspecified atom stereocenters. The summed E-state index contributed by atoms with van der Waals surface area (Å²) in [6.07, 6.45) is 4.48. The molecule has 2 saturated heterocycles. The molecule has 2 heterocycles. The maximum absolute atomic E-state index is 12.8. The largest absolute Gasteiger partial charge is 0.393 e. The molecule has 2 N–H and O–H groups in total. The van der Waals surface area contributed by atoms with Crippen LogP contribution in [-0.4, -0.2) is 70.3 Å². The van der Waals surface area contributed by atoms with Crippen molar-refractivity contribution in [3.05, 3.63) is 35.9 Å². The Kier molecular flexibility index (Phi) is 6.10. The number of hydrogen-bond acceptors (Lipinski definition) is 4. The summed E-state index contributed by atoms with van der Waals surface area (Å²) in [4.78, 5) is 16.8. The van der Waals surface area contributed by atoms with E-state index in [9.17, 15) is 15.0 Å². The first kappa shape index (κ1) is 18.4. The second-order valence-electron chi connectivity index (χ2n) is 7.52. The van der Waals surface area contributed by atoms with Gasteiger partial charge in [0, 0.05) is 32.7 Å². The minimum atomic E-state index is -1.26. The molecular weight excluding hydrogens is 316 g/mol. The van der Waals surface area contributed by atoms with Crippen molar-refractivity contribution in [2.24, 2.45) is 0 Å². The molecular formula is C20H30N2O3. The molecule has 2 aliphatic rings. The van der Waals surface area contributed by atoms with Gasteiger partial charge in [0.15, 0.2) is 5.60 Å². The molecule has 138 valence electrons. The molecule has 25 heavy (non-hydrogen) atoms. The van der Waals surface area contributed by atoms with Crippen LogP contribution in [-0.2, 0) is 11.2 Å². The predicted molar refractivity (Wildman–Crippen MR) is 97.2 cm³/mol. The lowest BCUT2D eigenvalue weighted by Crippen LogP contribution is -2.59. The van der Waals surface area contributed by atoms with E-state index >= 15 is 0 Å². The van der Waals surface area contributed by atoms with E-state index in [0.29, 0.717) is 19.5 Å². The molecule has 1 atom stereocenters. The number of piperidine rings is 2. The van der Waals surface area contributed by atoms with Crippen LogP contribution >= 0.6 is 0 Å². The molecule has 0 aromatic heterocycles. The lowest BCUT2D eigenvalue weighted by atomic mass is 9.90. The van der Waals surface area contributed by atoms with Gasteiger partial charge in [-0.15, -0.1) is 0 Å². The monoisotopic (exact) mass is 346 g/mol. The number of aliphatic hydroxyl groups is 2. The number of β-amino-alcohol motifs (C(OH)–C–C–N with tert-alkyl or cyclic N) is 1. The van der Waals surface area contributed by atoms with Gasteiger partial charge in [0.05, 0.1) is 6.10 Å². The fraction of sp³-hybridized carbons (Fsp3) is 0.650. The minimum absolute atomic E-state index is 0.113. The number of amides is 1. The van der Waals surface area contributed by atoms with Gasteiger partial charge in [0.25, 0.3) is 5.91 Å². The standard InChI is InChI=1S/C20H30N2O3/c23-18-9-14-21(15-10-18)16-20(25)11-5-13-22(19(20)24)12-4-8-17-6-2-1-3-7-17/h1-3,6-7,18,23,25H,4-5,8-16H2/t20-/m1/s1. The van der Waals surface area contributed by atoms with Crippen LogP contribution in [0.3, 0.4) is 0 Å². The van der Waals surface area contributed by atoms with Crippen molar-refractivity contribution in [2.75, 3.05) is 32.7 Å². The van der Waals surface area contributed by atoms with Crippen molar-refractivity contribution in [1.82, 2.24) is 9.80 Å². The van der Waals surface area contributed by atoms with Gasteiger partial charge in [-0.2, -0.15) is 0 Å². The molecule has 1 aromatic rings. The van der Waals surface area contributed by atoms with Crippen LogP contribution in [0.5, 0.6) is 0 Å². The molecule has 2 aliphatic heterocycles. The summed E-state index contributed by atoms with van der Waals surface area (Å²) in [5.74, 6) is -0.113. The van der Waals surface area contributed by atoms with Crippen molar-refractivity contribution in [1.29, 1.82) is 0 Å². The Hall–Kier alpha value is -1.43. The van der Waals surface area contributed by atoms with E-state index in [-0.39, 0.29) is 12.0 Å². The van der Waals surface area contributed by atoms with E-state index in [1.165, 1.54) is 5.56 Å². The Morgan fingerprint density at radius 1 is 1.12 bits per heavy atom. The van der Waals surface area contributed by atoms with Crippen molar-refractivity contribution in [3.63, 3.8) is 0 Å². The highest BCUT2D eigenvalue weighted by Gasteiger charge is 2.43. The van der Waals surface area contributed by atoms with Gasteiger partial charge in [-0.25, -0.2) is 0 Å². The maximum atomic E-state index is 12.8. The summed E-state index contributed by atoms with van der Waals surface area (Å²) in [6.45, 7) is 3.35. The Bertz CT molecular complexity index is 557. The Labute approximate surface area is 150 Å². The summed E-state index contributed by atoms with van der Waals surface area (Å²) in [5.41, 5.74) is 0.0295. The number of hydrogen-bond donors (Lipinski definition) is 2. The van der Waals surface area contributed by atoms with E-state index in [0.717, 1.165) is 51.7 Å². The van der Waals surface area contributed by atoms with E-state index in [1.54, 1.807) is 0 Å². The van der Waals surface area contributed by atoms with Gasteiger partial charge in [-0.3, -0.25) is 9.69 Å². The highest BCUT2D eigenvalue weighted by atomic mass is 16.3. The maximum Gasteiger partial charge on any atom is 0.255 e. The topological polar surface area (TPSA) is 64.0 Å². The normalized spacial score (nSPS) is 26.2. The first-order valence-corrected chi connectivity index (χ1v) is 9.53. The second-order valence-corrected chi connectivity index (χ2v) is 7.52. The number of rotatable bonds is 6. The van der Waals surface area contributed by atoms with E-state index < -0.39 is 5.60 Å². The number of carbonyl (C=O) groups is 1. The average Bonchev–Trinajstić information content (AvgIpc) is 2.62. The van der Waals surface area contributed by atoms with E-state index in [4.69, 9.17) is 0 Å². The summed E-state index contributed by atoms with van der Waals surface area (Å²) >= 11 is 0. The third-order valence-electron chi connectivity index (χ3n) is 5.48. The highest BCUT2D eigenvalue weighted by molar-refractivity contribution is 5.86. The van der Waals surface area contributed by atoms with E-state index in [1.807, 2.05) is 23.1 Å². The molecule has 5 nitrogen and oxygen atoms in total. The molecule has 0 spiro atoms. The lowest BCUT2D eigenvalue weighted by molar-refractivity contribution is -0.160. The third-order valence-corrected chi connectivity index (χ3v) is 5.48. The van der Waals surface area contributed by atoms with Gasteiger partial charge >= 0.3 is 0 Å².